The molecule has 0 unspecified atom stereocenters. The molecule has 0 radical (unpaired) electrons. The van der Waals surface area contributed by atoms with Crippen LogP contribution in [-0.2, 0) is 11.9 Å². The Morgan fingerprint density at radius 3 is 2.82 bits per heavy atom. The molecule has 7 nitrogen and oxygen atoms in total. The normalized spacial score (nSPS) is 11.1. The lowest BCUT2D eigenvalue weighted by Gasteiger charge is -2.13. The number of carbonyl (C=O) groups is 1. The van der Waals surface area contributed by atoms with Crippen molar-refractivity contribution in [2.75, 3.05) is 14.2 Å². The molecule has 22 heavy (non-hydrogen) atoms. The largest absolute Gasteiger partial charge is 0.277 e. The van der Waals surface area contributed by atoms with Crippen LogP contribution in [0.1, 0.15) is 16.2 Å². The highest BCUT2D eigenvalue weighted by atomic mass is 32.1. The summed E-state index contributed by atoms with van der Waals surface area (Å²) >= 11 is 1.32. The van der Waals surface area contributed by atoms with Gasteiger partial charge in [-0.25, -0.2) is 10.0 Å². The van der Waals surface area contributed by atoms with E-state index in [1.807, 2.05) is 20.0 Å². The van der Waals surface area contributed by atoms with Crippen molar-refractivity contribution in [3.63, 3.8) is 0 Å². The van der Waals surface area contributed by atoms with Gasteiger partial charge in [-0.1, -0.05) is 0 Å². The van der Waals surface area contributed by atoms with Gasteiger partial charge in [-0.15, -0.1) is 0 Å². The van der Waals surface area contributed by atoms with Gasteiger partial charge >= 0.3 is 0 Å². The fourth-order valence-corrected chi connectivity index (χ4v) is 2.88. The predicted octanol–water partition coefficient (Wildman–Crippen LogP) is 2.03. The van der Waals surface area contributed by atoms with Gasteiger partial charge in [0.2, 0.25) is 0 Å². The molecule has 0 bridgehead atoms. The second-order valence-corrected chi connectivity index (χ2v) is 5.59. The second kappa shape index (κ2) is 5.47. The lowest BCUT2D eigenvalue weighted by Crippen LogP contribution is -2.25. The van der Waals surface area contributed by atoms with Crippen LogP contribution in [0.2, 0.25) is 0 Å². The number of hydrogen-bond donors (Lipinski definition) is 0. The third-order valence-corrected chi connectivity index (χ3v) is 4.20. The van der Waals surface area contributed by atoms with Gasteiger partial charge in [-0.05, 0) is 36.7 Å². The maximum Gasteiger partial charge on any atom is 0.277 e. The van der Waals surface area contributed by atoms with Crippen LogP contribution in [-0.4, -0.2) is 44.3 Å². The molecular formula is C14H15N5O2S. The fourth-order valence-electron chi connectivity index (χ4n) is 2.21. The number of aryl methyl sites for hydroxylation is 2. The minimum absolute atomic E-state index is 0.209. The highest BCUT2D eigenvalue weighted by Gasteiger charge is 2.17. The van der Waals surface area contributed by atoms with E-state index in [-0.39, 0.29) is 5.91 Å². The molecule has 0 atom stereocenters. The number of aromatic nitrogens is 4. The maximum absolute atomic E-state index is 12.2. The zero-order valence-corrected chi connectivity index (χ0v) is 13.5. The number of nitrogens with zero attached hydrogens (tertiary/aromatic N) is 5. The van der Waals surface area contributed by atoms with Crippen LogP contribution in [0.5, 0.6) is 0 Å². The molecule has 2 heterocycles. The van der Waals surface area contributed by atoms with E-state index in [0.29, 0.717) is 5.56 Å². The summed E-state index contributed by atoms with van der Waals surface area (Å²) in [5, 5.41) is 7.41. The highest BCUT2D eigenvalue weighted by molar-refractivity contribution is 7.09. The van der Waals surface area contributed by atoms with Gasteiger partial charge in [-0.3, -0.25) is 14.3 Å². The van der Waals surface area contributed by atoms with Crippen molar-refractivity contribution < 1.29 is 9.63 Å². The van der Waals surface area contributed by atoms with E-state index in [1.54, 1.807) is 23.9 Å². The van der Waals surface area contributed by atoms with Crippen molar-refractivity contribution in [2.24, 2.45) is 7.05 Å². The molecule has 0 saturated heterocycles. The standard InChI is InChI=1S/C14H15N5O2S/c1-8-15-13(22-17-8)12-10-6-5-9(14(20)19(3)21-4)7-11(10)18(2)16-12/h5-7H,1-4H3. The number of benzene rings is 1. The van der Waals surface area contributed by atoms with Crippen LogP contribution in [0.15, 0.2) is 18.2 Å². The Bertz CT molecular complexity index is 854. The topological polar surface area (TPSA) is 73.1 Å². The molecule has 0 N–H and O–H groups in total. The van der Waals surface area contributed by atoms with Crippen molar-refractivity contribution in [3.05, 3.63) is 29.6 Å². The van der Waals surface area contributed by atoms with Crippen LogP contribution >= 0.6 is 11.5 Å². The molecule has 1 amide bonds. The monoisotopic (exact) mass is 317 g/mol. The summed E-state index contributed by atoms with van der Waals surface area (Å²) in [5.74, 6) is 0.520. The molecule has 0 fully saturated rings. The molecule has 0 aliphatic rings. The number of fused-ring (bicyclic) bond motifs is 1. The van der Waals surface area contributed by atoms with Gasteiger partial charge in [0.05, 0.1) is 12.6 Å². The molecule has 3 rings (SSSR count). The van der Waals surface area contributed by atoms with Crippen LogP contribution in [0.3, 0.4) is 0 Å². The SMILES string of the molecule is CON(C)C(=O)c1ccc2c(-c3nc(C)ns3)nn(C)c2c1. The Morgan fingerprint density at radius 1 is 1.41 bits per heavy atom. The van der Waals surface area contributed by atoms with Gasteiger partial charge in [0.15, 0.2) is 5.01 Å². The zero-order chi connectivity index (χ0) is 15.9. The number of hydroxylamine groups is 2. The van der Waals surface area contributed by atoms with Gasteiger partial charge in [-0.2, -0.15) is 9.47 Å². The average Bonchev–Trinajstić information content (AvgIpc) is 3.09. The molecule has 0 saturated carbocycles. The summed E-state index contributed by atoms with van der Waals surface area (Å²) in [5.41, 5.74) is 2.18. The first-order valence-corrected chi connectivity index (χ1v) is 7.38. The van der Waals surface area contributed by atoms with Crippen LogP contribution in [0.25, 0.3) is 21.6 Å². The van der Waals surface area contributed by atoms with E-state index in [4.69, 9.17) is 4.84 Å². The average molecular weight is 317 g/mol. The Kier molecular flexibility index (Phi) is 3.63. The molecule has 0 spiro atoms. The third kappa shape index (κ3) is 2.36. The maximum atomic E-state index is 12.2. The molecule has 114 valence electrons. The summed E-state index contributed by atoms with van der Waals surface area (Å²) in [6.07, 6.45) is 0. The van der Waals surface area contributed by atoms with Gasteiger partial charge in [0, 0.05) is 25.0 Å². The quantitative estimate of drug-likeness (QED) is 0.691. The van der Waals surface area contributed by atoms with Crippen molar-refractivity contribution >= 4 is 28.3 Å². The van der Waals surface area contributed by atoms with E-state index < -0.39 is 0 Å². The smallest absolute Gasteiger partial charge is 0.274 e. The zero-order valence-electron chi connectivity index (χ0n) is 12.7. The lowest BCUT2D eigenvalue weighted by atomic mass is 10.1. The lowest BCUT2D eigenvalue weighted by molar-refractivity contribution is -0.0756. The fraction of sp³-hybridized carbons (Fsp3) is 0.286. The molecule has 1 aromatic carbocycles. The summed E-state index contributed by atoms with van der Waals surface area (Å²) in [7, 11) is 4.87. The minimum atomic E-state index is -0.209. The van der Waals surface area contributed by atoms with E-state index in [2.05, 4.69) is 14.5 Å². The molecule has 8 heteroatoms. The van der Waals surface area contributed by atoms with Gasteiger partial charge in [0.1, 0.15) is 11.5 Å². The molecule has 0 aliphatic heterocycles. The number of amides is 1. The molecule has 2 aromatic heterocycles. The Hall–Kier alpha value is -2.32. The molecular weight excluding hydrogens is 302 g/mol. The van der Waals surface area contributed by atoms with Crippen molar-refractivity contribution in [3.8, 4) is 10.7 Å². The Morgan fingerprint density at radius 2 is 2.18 bits per heavy atom. The molecule has 3 aromatic rings. The van der Waals surface area contributed by atoms with Crippen molar-refractivity contribution in [1.82, 2.24) is 24.2 Å². The second-order valence-electron chi connectivity index (χ2n) is 4.84. The van der Waals surface area contributed by atoms with Crippen LogP contribution in [0.4, 0.5) is 0 Å². The van der Waals surface area contributed by atoms with E-state index in [0.717, 1.165) is 27.4 Å². The van der Waals surface area contributed by atoms with Gasteiger partial charge in [0.25, 0.3) is 5.91 Å². The minimum Gasteiger partial charge on any atom is -0.274 e. The third-order valence-electron chi connectivity index (χ3n) is 3.39. The Labute approximate surface area is 131 Å². The van der Waals surface area contributed by atoms with Crippen LogP contribution in [0, 0.1) is 6.92 Å². The predicted molar refractivity (Wildman–Crippen MR) is 83.5 cm³/mol. The van der Waals surface area contributed by atoms with Crippen molar-refractivity contribution in [1.29, 1.82) is 0 Å². The number of hydrogen-bond acceptors (Lipinski definition) is 6. The first-order chi connectivity index (χ1) is 10.5. The van der Waals surface area contributed by atoms with E-state index >= 15 is 0 Å². The van der Waals surface area contributed by atoms with E-state index in [9.17, 15) is 4.79 Å². The summed E-state index contributed by atoms with van der Waals surface area (Å²) in [6, 6.07) is 5.45. The first-order valence-electron chi connectivity index (χ1n) is 6.61. The first kappa shape index (κ1) is 14.6. The number of carbonyl (C=O) groups excluding carboxylic acids is 1. The number of rotatable bonds is 3. The summed E-state index contributed by atoms with van der Waals surface area (Å²) in [6.45, 7) is 1.85. The van der Waals surface area contributed by atoms with Crippen molar-refractivity contribution in [2.45, 2.75) is 6.92 Å². The summed E-state index contributed by atoms with van der Waals surface area (Å²) < 4.78 is 5.93. The highest BCUT2D eigenvalue weighted by Crippen LogP contribution is 2.29. The summed E-state index contributed by atoms with van der Waals surface area (Å²) in [4.78, 5) is 21.5. The van der Waals surface area contributed by atoms with Gasteiger partial charge < -0.3 is 0 Å². The Balaban J connectivity index is 2.11. The van der Waals surface area contributed by atoms with Crippen LogP contribution < -0.4 is 0 Å². The molecule has 0 aliphatic carbocycles. The van der Waals surface area contributed by atoms with E-state index in [1.165, 1.54) is 23.7 Å².